The highest BCUT2D eigenvalue weighted by Crippen LogP contribution is 2.31. The number of aliphatic hydroxyl groups is 1. The molecule has 2 aliphatic heterocycles. The molecular formula is C21H26N4O6. The number of fused-ring (bicyclic) bond motifs is 1. The molecule has 2 saturated heterocycles. The molecule has 2 aromatic rings. The highest BCUT2D eigenvalue weighted by atomic mass is 16.4. The highest BCUT2D eigenvalue weighted by Gasteiger charge is 2.33. The number of benzene rings is 1. The lowest BCUT2D eigenvalue weighted by Gasteiger charge is -2.35. The molecule has 31 heavy (non-hydrogen) atoms. The van der Waals surface area contributed by atoms with Crippen molar-refractivity contribution in [2.45, 2.75) is 50.8 Å². The third kappa shape index (κ3) is 3.88. The van der Waals surface area contributed by atoms with E-state index in [-0.39, 0.29) is 43.4 Å². The van der Waals surface area contributed by atoms with Gasteiger partial charge in [-0.15, -0.1) is 0 Å². The zero-order valence-corrected chi connectivity index (χ0v) is 17.3. The summed E-state index contributed by atoms with van der Waals surface area (Å²) in [4.78, 5) is 49.6. The van der Waals surface area contributed by atoms with Crippen molar-refractivity contribution in [3.63, 3.8) is 0 Å². The number of carbonyl (C=O) groups excluding carboxylic acids is 2. The molecule has 2 fully saturated rings. The van der Waals surface area contributed by atoms with Crippen LogP contribution in [0.15, 0.2) is 23.0 Å². The van der Waals surface area contributed by atoms with Gasteiger partial charge in [0, 0.05) is 25.4 Å². The Kier molecular flexibility index (Phi) is 5.67. The minimum absolute atomic E-state index is 0.104. The molecule has 0 saturated carbocycles. The Morgan fingerprint density at radius 2 is 1.97 bits per heavy atom. The van der Waals surface area contributed by atoms with Gasteiger partial charge < -0.3 is 10.2 Å². The quantitative estimate of drug-likeness (QED) is 0.570. The van der Waals surface area contributed by atoms with E-state index in [4.69, 9.17) is 5.11 Å². The van der Waals surface area contributed by atoms with E-state index in [1.54, 1.807) is 15.5 Å². The van der Waals surface area contributed by atoms with Crippen LogP contribution in [0.2, 0.25) is 0 Å². The maximum absolute atomic E-state index is 13.1. The zero-order chi connectivity index (χ0) is 22.3. The summed E-state index contributed by atoms with van der Waals surface area (Å²) in [5.41, 5.74) is 1.86. The van der Waals surface area contributed by atoms with Crippen molar-refractivity contribution in [3.8, 4) is 0 Å². The molecule has 10 nitrogen and oxygen atoms in total. The van der Waals surface area contributed by atoms with Gasteiger partial charge in [-0.3, -0.25) is 33.7 Å². The highest BCUT2D eigenvalue weighted by molar-refractivity contribution is 6.00. The van der Waals surface area contributed by atoms with Gasteiger partial charge in [0.1, 0.15) is 6.04 Å². The number of likely N-dealkylation sites (tertiary alicyclic amines) is 1. The Balaban J connectivity index is 1.69. The number of aryl methyl sites for hydroxylation is 1. The van der Waals surface area contributed by atoms with Crippen molar-refractivity contribution in [2.75, 3.05) is 19.6 Å². The summed E-state index contributed by atoms with van der Waals surface area (Å²) in [6.45, 7) is 2.99. The Bertz CT molecular complexity index is 1100. The first-order chi connectivity index (χ1) is 14.8. The van der Waals surface area contributed by atoms with E-state index in [1.807, 2.05) is 19.1 Å². The van der Waals surface area contributed by atoms with E-state index < -0.39 is 24.0 Å². The SMILES string of the molecule is CCn1c(=O)n(C2CCC(=O)NC2=O)c2ccc([C@@H]3CCN(CC(=O)O)C[C@H]3O)cc21. The van der Waals surface area contributed by atoms with Gasteiger partial charge in [0.05, 0.1) is 23.7 Å². The summed E-state index contributed by atoms with van der Waals surface area (Å²) >= 11 is 0. The van der Waals surface area contributed by atoms with E-state index in [1.165, 1.54) is 4.57 Å². The number of aliphatic carboxylic acids is 1. The molecule has 10 heteroatoms. The van der Waals surface area contributed by atoms with Crippen molar-refractivity contribution >= 4 is 28.8 Å². The van der Waals surface area contributed by atoms with Crippen LogP contribution in [0.4, 0.5) is 0 Å². The van der Waals surface area contributed by atoms with Crippen LogP contribution in [0, 0.1) is 0 Å². The predicted octanol–water partition coefficient (Wildman–Crippen LogP) is 0.0354. The van der Waals surface area contributed by atoms with E-state index >= 15 is 0 Å². The van der Waals surface area contributed by atoms with Crippen LogP contribution in [-0.4, -0.2) is 67.8 Å². The number of nitrogens with one attached hydrogen (secondary N) is 1. The number of carboxylic acid groups (broad SMARTS) is 1. The number of carbonyl (C=O) groups is 3. The molecule has 3 atom stereocenters. The Morgan fingerprint density at radius 3 is 2.61 bits per heavy atom. The van der Waals surface area contributed by atoms with Gasteiger partial charge in [-0.2, -0.15) is 0 Å². The molecule has 1 aromatic carbocycles. The van der Waals surface area contributed by atoms with Gasteiger partial charge in [-0.05, 0) is 44.0 Å². The summed E-state index contributed by atoms with van der Waals surface area (Å²) in [7, 11) is 0. The number of aliphatic hydroxyl groups excluding tert-OH is 1. The summed E-state index contributed by atoms with van der Waals surface area (Å²) in [5.74, 6) is -1.90. The molecule has 4 rings (SSSR count). The topological polar surface area (TPSA) is 134 Å². The van der Waals surface area contributed by atoms with Gasteiger partial charge in [-0.25, -0.2) is 4.79 Å². The molecule has 0 bridgehead atoms. The Labute approximate surface area is 178 Å². The van der Waals surface area contributed by atoms with Crippen molar-refractivity contribution in [1.29, 1.82) is 0 Å². The molecule has 166 valence electrons. The third-order valence-corrected chi connectivity index (χ3v) is 6.28. The van der Waals surface area contributed by atoms with Crippen LogP contribution in [0.1, 0.15) is 43.7 Å². The third-order valence-electron chi connectivity index (χ3n) is 6.28. The van der Waals surface area contributed by atoms with E-state index in [0.717, 1.165) is 5.56 Å². The summed E-state index contributed by atoms with van der Waals surface area (Å²) in [6.07, 6.45) is 0.338. The number of carboxylic acids is 1. The lowest BCUT2D eigenvalue weighted by molar-refractivity contribution is -0.139. The van der Waals surface area contributed by atoms with Gasteiger partial charge in [0.2, 0.25) is 11.8 Å². The van der Waals surface area contributed by atoms with Crippen molar-refractivity contribution in [2.24, 2.45) is 0 Å². The number of rotatable bonds is 5. The average Bonchev–Trinajstić information content (AvgIpc) is 2.98. The number of imide groups is 1. The van der Waals surface area contributed by atoms with E-state index in [0.29, 0.717) is 30.5 Å². The number of hydrogen-bond donors (Lipinski definition) is 3. The first kappa shape index (κ1) is 21.3. The second-order valence-corrected chi connectivity index (χ2v) is 8.20. The molecule has 3 N–H and O–H groups in total. The molecule has 0 spiro atoms. The van der Waals surface area contributed by atoms with Gasteiger partial charge in [0.15, 0.2) is 0 Å². The van der Waals surface area contributed by atoms with Crippen molar-refractivity contribution in [1.82, 2.24) is 19.4 Å². The normalized spacial score (nSPS) is 25.0. The molecular weight excluding hydrogens is 404 g/mol. The fourth-order valence-electron chi connectivity index (χ4n) is 4.78. The molecule has 0 aliphatic carbocycles. The summed E-state index contributed by atoms with van der Waals surface area (Å²) in [6, 6.07) is 4.78. The number of hydrogen-bond acceptors (Lipinski definition) is 6. The molecule has 1 aromatic heterocycles. The minimum Gasteiger partial charge on any atom is -0.480 e. The second kappa shape index (κ2) is 8.27. The van der Waals surface area contributed by atoms with Gasteiger partial charge in [0.25, 0.3) is 0 Å². The number of β-amino-alcohol motifs (C(OH)–C–C–N with tert-alkyl or cyclic N) is 1. The van der Waals surface area contributed by atoms with Crippen LogP contribution in [0.5, 0.6) is 0 Å². The minimum atomic E-state index is -0.922. The van der Waals surface area contributed by atoms with Crippen LogP contribution in [0.3, 0.4) is 0 Å². The van der Waals surface area contributed by atoms with Crippen molar-refractivity contribution in [3.05, 3.63) is 34.2 Å². The van der Waals surface area contributed by atoms with E-state index in [2.05, 4.69) is 5.32 Å². The molecule has 3 heterocycles. The lowest BCUT2D eigenvalue weighted by atomic mass is 9.87. The molecule has 0 radical (unpaired) electrons. The second-order valence-electron chi connectivity index (χ2n) is 8.20. The maximum Gasteiger partial charge on any atom is 0.329 e. The molecule has 1 unspecified atom stereocenters. The number of nitrogens with zero attached hydrogens (tertiary/aromatic N) is 3. The van der Waals surface area contributed by atoms with Crippen LogP contribution < -0.4 is 11.0 Å². The molecule has 2 amide bonds. The number of piperidine rings is 2. The lowest BCUT2D eigenvalue weighted by Crippen LogP contribution is -2.44. The average molecular weight is 430 g/mol. The summed E-state index contributed by atoms with van der Waals surface area (Å²) < 4.78 is 3.05. The fourth-order valence-corrected chi connectivity index (χ4v) is 4.78. The summed E-state index contributed by atoms with van der Waals surface area (Å²) in [5, 5.41) is 21.9. The van der Waals surface area contributed by atoms with Crippen molar-refractivity contribution < 1.29 is 24.6 Å². The zero-order valence-electron chi connectivity index (χ0n) is 17.3. The van der Waals surface area contributed by atoms with Gasteiger partial charge in [-0.1, -0.05) is 6.07 Å². The van der Waals surface area contributed by atoms with Crippen LogP contribution >= 0.6 is 0 Å². The molecule has 2 aliphatic rings. The maximum atomic E-state index is 13.1. The fraction of sp³-hybridized carbons (Fsp3) is 0.524. The van der Waals surface area contributed by atoms with E-state index in [9.17, 15) is 24.3 Å². The number of amides is 2. The Morgan fingerprint density at radius 1 is 1.19 bits per heavy atom. The van der Waals surface area contributed by atoms with Crippen LogP contribution in [-0.2, 0) is 20.9 Å². The largest absolute Gasteiger partial charge is 0.480 e. The van der Waals surface area contributed by atoms with Crippen LogP contribution in [0.25, 0.3) is 11.0 Å². The monoisotopic (exact) mass is 430 g/mol. The standard InChI is InChI=1S/C21H26N4O6/c1-2-24-16-9-12(13-7-8-23(10-17(13)26)11-19(28)29)3-4-14(16)25(21(24)31)15-5-6-18(27)22-20(15)30/h3-4,9,13,15,17,26H,2,5-8,10-11H2,1H3,(H,28,29)(H,22,27,30)/t13-,15?,17+/m0/s1. The number of imidazole rings is 1. The first-order valence-corrected chi connectivity index (χ1v) is 10.5. The Hall–Kier alpha value is -2.98. The van der Waals surface area contributed by atoms with Gasteiger partial charge >= 0.3 is 11.7 Å². The first-order valence-electron chi connectivity index (χ1n) is 10.5. The number of aromatic nitrogens is 2. The predicted molar refractivity (Wildman–Crippen MR) is 111 cm³/mol. The smallest absolute Gasteiger partial charge is 0.329 e.